The molecule has 4 heteroatoms. The summed E-state index contributed by atoms with van der Waals surface area (Å²) in [5.41, 5.74) is 2.54. The van der Waals surface area contributed by atoms with E-state index in [4.69, 9.17) is 16.3 Å². The maximum atomic E-state index is 10.5. The summed E-state index contributed by atoms with van der Waals surface area (Å²) in [5.74, 6) is 0.623. The van der Waals surface area contributed by atoms with Gasteiger partial charge in [-0.1, -0.05) is 39.7 Å². The number of aliphatic hydroxyl groups excluding tert-OH is 1. The lowest BCUT2D eigenvalue weighted by atomic mass is 9.99. The molecule has 0 fully saturated rings. The fraction of sp³-hybridized carbons (Fsp3) is 0.200. The van der Waals surface area contributed by atoms with E-state index in [0.29, 0.717) is 16.3 Å². The van der Waals surface area contributed by atoms with Crippen molar-refractivity contribution >= 4 is 27.5 Å². The zero-order valence-corrected chi connectivity index (χ0v) is 13.0. The molecule has 0 aromatic heterocycles. The molecular weight excluding hydrogens is 328 g/mol. The number of ether oxygens (including phenoxy) is 1. The highest BCUT2D eigenvalue weighted by Gasteiger charge is 2.16. The molecule has 0 saturated carbocycles. The monoisotopic (exact) mass is 340 g/mol. The molecule has 2 nitrogen and oxygen atoms in total. The summed E-state index contributed by atoms with van der Waals surface area (Å²) in [6, 6.07) is 11.0. The Bertz CT molecular complexity index is 599. The second-order valence-electron chi connectivity index (χ2n) is 4.30. The summed E-state index contributed by atoms with van der Waals surface area (Å²) in [4.78, 5) is 0. The van der Waals surface area contributed by atoms with Gasteiger partial charge >= 0.3 is 0 Å². The second-order valence-corrected chi connectivity index (χ2v) is 5.59. The van der Waals surface area contributed by atoms with Crippen LogP contribution in [0.15, 0.2) is 40.9 Å². The van der Waals surface area contributed by atoms with Crippen molar-refractivity contribution in [1.82, 2.24) is 0 Å². The highest BCUT2D eigenvalue weighted by molar-refractivity contribution is 9.10. The lowest BCUT2D eigenvalue weighted by Crippen LogP contribution is -2.03. The van der Waals surface area contributed by atoms with Crippen LogP contribution in [-0.4, -0.2) is 12.2 Å². The molecule has 0 aliphatic heterocycles. The number of rotatable bonds is 3. The summed E-state index contributed by atoms with van der Waals surface area (Å²) < 4.78 is 6.28. The highest BCUT2D eigenvalue weighted by atomic mass is 79.9. The van der Waals surface area contributed by atoms with Gasteiger partial charge in [-0.3, -0.25) is 0 Å². The molecule has 19 heavy (non-hydrogen) atoms. The fourth-order valence-corrected chi connectivity index (χ4v) is 2.36. The molecular formula is C15H14BrClO2. The number of aliphatic hydroxyl groups is 1. The number of benzene rings is 2. The Morgan fingerprint density at radius 3 is 2.58 bits per heavy atom. The zero-order valence-electron chi connectivity index (χ0n) is 10.7. The molecule has 1 unspecified atom stereocenters. The lowest BCUT2D eigenvalue weighted by molar-refractivity contribution is 0.214. The van der Waals surface area contributed by atoms with Gasteiger partial charge in [0.15, 0.2) is 0 Å². The average Bonchev–Trinajstić information content (AvgIpc) is 2.41. The van der Waals surface area contributed by atoms with Crippen molar-refractivity contribution in [3.05, 3.63) is 62.6 Å². The average molecular weight is 342 g/mol. The van der Waals surface area contributed by atoms with Gasteiger partial charge in [0.1, 0.15) is 11.9 Å². The summed E-state index contributed by atoms with van der Waals surface area (Å²) in [5, 5.41) is 11.1. The van der Waals surface area contributed by atoms with Crippen molar-refractivity contribution in [1.29, 1.82) is 0 Å². The van der Waals surface area contributed by atoms with Gasteiger partial charge in [-0.2, -0.15) is 0 Å². The first-order chi connectivity index (χ1) is 9.02. The first-order valence-corrected chi connectivity index (χ1v) is 6.97. The van der Waals surface area contributed by atoms with Crippen LogP contribution in [0.1, 0.15) is 22.8 Å². The van der Waals surface area contributed by atoms with Crippen molar-refractivity contribution < 1.29 is 9.84 Å². The predicted molar refractivity (Wildman–Crippen MR) is 80.9 cm³/mol. The van der Waals surface area contributed by atoms with Gasteiger partial charge in [-0.25, -0.2) is 0 Å². The van der Waals surface area contributed by atoms with Crippen LogP contribution >= 0.6 is 27.5 Å². The van der Waals surface area contributed by atoms with Crippen molar-refractivity contribution in [3.8, 4) is 5.75 Å². The Labute approximate surface area is 126 Å². The van der Waals surface area contributed by atoms with Crippen LogP contribution in [0.2, 0.25) is 5.02 Å². The van der Waals surface area contributed by atoms with Crippen LogP contribution in [0.3, 0.4) is 0 Å². The van der Waals surface area contributed by atoms with Crippen molar-refractivity contribution in [2.24, 2.45) is 0 Å². The minimum atomic E-state index is -0.763. The minimum absolute atomic E-state index is 0.573. The molecule has 2 rings (SSSR count). The topological polar surface area (TPSA) is 29.5 Å². The number of methoxy groups -OCH3 is 1. The van der Waals surface area contributed by atoms with E-state index in [1.165, 1.54) is 0 Å². The van der Waals surface area contributed by atoms with E-state index in [2.05, 4.69) is 15.9 Å². The predicted octanol–water partition coefficient (Wildman–Crippen LogP) is 4.50. The molecule has 0 amide bonds. The molecule has 0 saturated heterocycles. The molecule has 100 valence electrons. The Morgan fingerprint density at radius 2 is 1.95 bits per heavy atom. The van der Waals surface area contributed by atoms with Gasteiger partial charge < -0.3 is 9.84 Å². The van der Waals surface area contributed by atoms with Crippen molar-refractivity contribution in [2.75, 3.05) is 7.11 Å². The molecule has 2 aromatic rings. The summed E-state index contributed by atoms with van der Waals surface area (Å²) in [6.07, 6.45) is -0.763. The van der Waals surface area contributed by atoms with Crippen LogP contribution in [0.4, 0.5) is 0 Å². The Kier molecular flexibility index (Phi) is 4.50. The second kappa shape index (κ2) is 5.95. The molecule has 0 spiro atoms. The SMILES string of the molecule is COc1ccc(Cl)cc1C(O)c1ccc(Br)c(C)c1. The van der Waals surface area contributed by atoms with Crippen molar-refractivity contribution in [2.45, 2.75) is 13.0 Å². The summed E-state index contributed by atoms with van der Waals surface area (Å²) >= 11 is 9.43. The Hall–Kier alpha value is -1.03. The van der Waals surface area contributed by atoms with Crippen LogP contribution < -0.4 is 4.74 Å². The first kappa shape index (κ1) is 14.4. The van der Waals surface area contributed by atoms with E-state index >= 15 is 0 Å². The van der Waals surface area contributed by atoms with E-state index in [1.54, 1.807) is 25.3 Å². The first-order valence-electron chi connectivity index (χ1n) is 5.80. The van der Waals surface area contributed by atoms with Gasteiger partial charge in [0.05, 0.1) is 7.11 Å². The molecule has 0 aliphatic carbocycles. The van der Waals surface area contributed by atoms with Crippen LogP contribution in [0.5, 0.6) is 5.75 Å². The Morgan fingerprint density at radius 1 is 1.21 bits per heavy atom. The standard InChI is InChI=1S/C15H14BrClO2/c1-9-7-10(3-5-13(9)16)15(18)12-8-11(17)4-6-14(12)19-2/h3-8,15,18H,1-2H3. The molecule has 1 N–H and O–H groups in total. The number of hydrogen-bond donors (Lipinski definition) is 1. The minimum Gasteiger partial charge on any atom is -0.496 e. The van der Waals surface area contributed by atoms with E-state index in [9.17, 15) is 5.11 Å². The molecule has 0 aliphatic rings. The van der Waals surface area contributed by atoms with Crippen LogP contribution in [0, 0.1) is 6.92 Å². The molecule has 0 heterocycles. The molecule has 2 aromatic carbocycles. The van der Waals surface area contributed by atoms with E-state index in [0.717, 1.165) is 15.6 Å². The molecule has 0 radical (unpaired) electrons. The van der Waals surface area contributed by atoms with E-state index < -0.39 is 6.10 Å². The van der Waals surface area contributed by atoms with Gasteiger partial charge in [0.2, 0.25) is 0 Å². The summed E-state index contributed by atoms with van der Waals surface area (Å²) in [7, 11) is 1.58. The van der Waals surface area contributed by atoms with Gasteiger partial charge in [-0.15, -0.1) is 0 Å². The molecule has 0 bridgehead atoms. The van der Waals surface area contributed by atoms with Crippen LogP contribution in [-0.2, 0) is 0 Å². The maximum Gasteiger partial charge on any atom is 0.125 e. The quantitative estimate of drug-likeness (QED) is 0.890. The number of halogens is 2. The van der Waals surface area contributed by atoms with E-state index in [-0.39, 0.29) is 0 Å². The van der Waals surface area contributed by atoms with Gasteiger partial charge in [0, 0.05) is 15.1 Å². The fourth-order valence-electron chi connectivity index (χ4n) is 1.94. The molecule has 1 atom stereocenters. The third-order valence-corrected chi connectivity index (χ3v) is 4.11. The number of aryl methyl sites for hydroxylation is 1. The lowest BCUT2D eigenvalue weighted by Gasteiger charge is -2.16. The third-order valence-electron chi connectivity index (χ3n) is 2.98. The largest absolute Gasteiger partial charge is 0.496 e. The van der Waals surface area contributed by atoms with Crippen molar-refractivity contribution in [3.63, 3.8) is 0 Å². The maximum absolute atomic E-state index is 10.5. The summed E-state index contributed by atoms with van der Waals surface area (Å²) in [6.45, 7) is 1.98. The smallest absolute Gasteiger partial charge is 0.125 e. The normalized spacial score (nSPS) is 12.3. The zero-order chi connectivity index (χ0) is 14.0. The Balaban J connectivity index is 2.45. The van der Waals surface area contributed by atoms with Gasteiger partial charge in [-0.05, 0) is 42.3 Å². The van der Waals surface area contributed by atoms with E-state index in [1.807, 2.05) is 25.1 Å². The third kappa shape index (κ3) is 3.11. The highest BCUT2D eigenvalue weighted by Crippen LogP contribution is 2.33. The number of hydrogen-bond acceptors (Lipinski definition) is 2. The van der Waals surface area contributed by atoms with Gasteiger partial charge in [0.25, 0.3) is 0 Å². The van der Waals surface area contributed by atoms with Crippen LogP contribution in [0.25, 0.3) is 0 Å².